The van der Waals surface area contributed by atoms with Gasteiger partial charge in [-0.15, -0.1) is 5.10 Å². The fourth-order valence-corrected chi connectivity index (χ4v) is 1.36. The minimum absolute atomic E-state index is 0.389. The number of rotatable bonds is 5. The molecule has 130 valence electrons. The van der Waals surface area contributed by atoms with Crippen molar-refractivity contribution in [1.29, 1.82) is 0 Å². The van der Waals surface area contributed by atoms with Crippen LogP contribution in [0.1, 0.15) is 12.7 Å². The summed E-state index contributed by atoms with van der Waals surface area (Å²) in [7, 11) is 0. The van der Waals surface area contributed by atoms with E-state index in [0.29, 0.717) is 25.4 Å². The van der Waals surface area contributed by atoms with E-state index in [-0.39, 0.29) is 5.82 Å². The summed E-state index contributed by atoms with van der Waals surface area (Å²) in [5.74, 6) is -0.389. The highest BCUT2D eigenvalue weighted by molar-refractivity contribution is 5.73. The number of nitrogens with zero attached hydrogens (tertiary/aromatic N) is 3. The first-order valence-corrected chi connectivity index (χ1v) is 6.22. The zero-order chi connectivity index (χ0) is 18.5. The maximum atomic E-state index is 12.6. The van der Waals surface area contributed by atoms with Gasteiger partial charge in [-0.1, -0.05) is 6.58 Å². The Balaban J connectivity index is 3.36. The molecule has 0 saturated carbocycles. The second-order valence-corrected chi connectivity index (χ2v) is 4.47. The molecule has 4 nitrogen and oxygen atoms in total. The second kappa shape index (κ2) is 7.28. The maximum absolute atomic E-state index is 12.6. The first kappa shape index (κ1) is 19.4. The van der Waals surface area contributed by atoms with Gasteiger partial charge in [-0.05, 0) is 25.2 Å². The van der Waals surface area contributed by atoms with Gasteiger partial charge in [0.15, 0.2) is 5.82 Å². The molecule has 0 aromatic carbocycles. The Kier molecular flexibility index (Phi) is 5.88. The Labute approximate surface area is 132 Å². The SMILES string of the molecule is C=C(/C=C(\C=C(/C)C(F)(F)F)c1ncn(/C=C\C=O)n1)C(F)(F)F. The molecule has 0 N–H and O–H groups in total. The van der Waals surface area contributed by atoms with Crippen LogP contribution in [0.5, 0.6) is 0 Å². The zero-order valence-corrected chi connectivity index (χ0v) is 12.2. The van der Waals surface area contributed by atoms with E-state index in [1.54, 1.807) is 0 Å². The number of hydrogen-bond acceptors (Lipinski definition) is 3. The van der Waals surface area contributed by atoms with Gasteiger partial charge in [-0.3, -0.25) is 4.79 Å². The van der Waals surface area contributed by atoms with Gasteiger partial charge in [-0.2, -0.15) is 26.3 Å². The molecule has 1 rings (SSSR count). The average molecular weight is 351 g/mol. The van der Waals surface area contributed by atoms with Crippen molar-refractivity contribution in [3.8, 4) is 0 Å². The van der Waals surface area contributed by atoms with E-state index >= 15 is 0 Å². The molecule has 0 bridgehead atoms. The third kappa shape index (κ3) is 5.52. The summed E-state index contributed by atoms with van der Waals surface area (Å²) < 4.78 is 76.6. The molecule has 0 aliphatic rings. The molecule has 0 amide bonds. The number of carbonyl (C=O) groups is 1. The fraction of sp³-hybridized carbons (Fsp3) is 0.214. The van der Waals surface area contributed by atoms with Crippen LogP contribution in [0.2, 0.25) is 0 Å². The number of halogens is 6. The van der Waals surface area contributed by atoms with Crippen molar-refractivity contribution in [1.82, 2.24) is 14.8 Å². The number of hydrogen-bond donors (Lipinski definition) is 0. The minimum Gasteiger partial charge on any atom is -0.299 e. The van der Waals surface area contributed by atoms with Crippen molar-refractivity contribution >= 4 is 18.1 Å². The molecule has 24 heavy (non-hydrogen) atoms. The van der Waals surface area contributed by atoms with Crippen LogP contribution in [0, 0.1) is 0 Å². The van der Waals surface area contributed by atoms with Crippen molar-refractivity contribution in [2.24, 2.45) is 0 Å². The Morgan fingerprint density at radius 1 is 1.17 bits per heavy atom. The van der Waals surface area contributed by atoms with E-state index in [1.807, 2.05) is 0 Å². The monoisotopic (exact) mass is 351 g/mol. The van der Waals surface area contributed by atoms with Crippen LogP contribution in [0.4, 0.5) is 26.3 Å². The van der Waals surface area contributed by atoms with Crippen molar-refractivity contribution in [3.63, 3.8) is 0 Å². The third-order valence-electron chi connectivity index (χ3n) is 2.60. The number of allylic oxidation sites excluding steroid dienone is 6. The van der Waals surface area contributed by atoms with Gasteiger partial charge in [0.2, 0.25) is 0 Å². The van der Waals surface area contributed by atoms with Crippen LogP contribution in [-0.4, -0.2) is 33.4 Å². The van der Waals surface area contributed by atoms with E-state index in [1.165, 1.54) is 0 Å². The van der Waals surface area contributed by atoms with E-state index in [9.17, 15) is 31.1 Å². The smallest absolute Gasteiger partial charge is 0.299 e. The quantitative estimate of drug-likeness (QED) is 0.349. The molecule has 0 atom stereocenters. The molecule has 10 heteroatoms. The van der Waals surface area contributed by atoms with Crippen LogP contribution < -0.4 is 0 Å². The number of aromatic nitrogens is 3. The summed E-state index contributed by atoms with van der Waals surface area (Å²) >= 11 is 0. The first-order chi connectivity index (χ1) is 10.9. The van der Waals surface area contributed by atoms with Gasteiger partial charge in [0.25, 0.3) is 0 Å². The molecule has 0 aliphatic carbocycles. The normalized spacial score (nSPS) is 14.3. The minimum atomic E-state index is -4.81. The van der Waals surface area contributed by atoms with Gasteiger partial charge in [0.05, 0.1) is 0 Å². The summed E-state index contributed by atoms with van der Waals surface area (Å²) in [5.41, 5.74) is -3.02. The van der Waals surface area contributed by atoms with E-state index in [0.717, 1.165) is 23.3 Å². The van der Waals surface area contributed by atoms with Crippen LogP contribution in [0.3, 0.4) is 0 Å². The van der Waals surface area contributed by atoms with Crippen molar-refractivity contribution in [2.75, 3.05) is 0 Å². The lowest BCUT2D eigenvalue weighted by Crippen LogP contribution is -2.11. The maximum Gasteiger partial charge on any atom is 0.415 e. The van der Waals surface area contributed by atoms with Crippen molar-refractivity contribution < 1.29 is 31.1 Å². The molecule has 1 aromatic rings. The Hall–Kier alpha value is -2.65. The molecule has 1 aromatic heterocycles. The topological polar surface area (TPSA) is 47.8 Å². The van der Waals surface area contributed by atoms with Gasteiger partial charge in [-0.25, -0.2) is 9.67 Å². The molecular formula is C14H11F6N3O. The van der Waals surface area contributed by atoms with Gasteiger partial charge in [0, 0.05) is 22.9 Å². The van der Waals surface area contributed by atoms with Gasteiger partial charge >= 0.3 is 12.4 Å². The lowest BCUT2D eigenvalue weighted by molar-refractivity contribution is -0.104. The largest absolute Gasteiger partial charge is 0.415 e. The highest BCUT2D eigenvalue weighted by atomic mass is 19.4. The summed E-state index contributed by atoms with van der Waals surface area (Å²) in [6.45, 7) is 3.48. The number of carbonyl (C=O) groups excluding carboxylic acids is 1. The van der Waals surface area contributed by atoms with E-state index in [4.69, 9.17) is 0 Å². The lowest BCUT2D eigenvalue weighted by atomic mass is 10.1. The first-order valence-electron chi connectivity index (χ1n) is 6.22. The molecule has 1 heterocycles. The summed E-state index contributed by atoms with van der Waals surface area (Å²) in [4.78, 5) is 13.8. The van der Waals surface area contributed by atoms with Gasteiger partial charge < -0.3 is 0 Å². The third-order valence-corrected chi connectivity index (χ3v) is 2.60. The van der Waals surface area contributed by atoms with Crippen LogP contribution in [0.25, 0.3) is 11.8 Å². The highest BCUT2D eigenvalue weighted by Gasteiger charge is 2.32. The van der Waals surface area contributed by atoms with E-state index < -0.39 is 29.1 Å². The van der Waals surface area contributed by atoms with Gasteiger partial charge in [0.1, 0.15) is 12.6 Å². The standard InChI is InChI=1S/C14H11F6N3O/c1-9(13(15,16)17)6-11(7-10(2)14(18,19)20)12-21-8-23(22-12)4-3-5-24/h3-8H,1H2,2H3/b4-3-,10-7+,11-6+. The van der Waals surface area contributed by atoms with Crippen LogP contribution in [0.15, 0.2) is 42.3 Å². The second-order valence-electron chi connectivity index (χ2n) is 4.47. The van der Waals surface area contributed by atoms with Crippen molar-refractivity contribution in [2.45, 2.75) is 19.3 Å². The van der Waals surface area contributed by atoms with Crippen LogP contribution in [-0.2, 0) is 4.79 Å². The zero-order valence-electron chi connectivity index (χ0n) is 12.2. The highest BCUT2D eigenvalue weighted by Crippen LogP contribution is 2.31. The predicted molar refractivity (Wildman–Crippen MR) is 74.4 cm³/mol. The summed E-state index contributed by atoms with van der Waals surface area (Å²) in [6, 6.07) is 0. The molecular weight excluding hydrogens is 340 g/mol. The van der Waals surface area contributed by atoms with E-state index in [2.05, 4.69) is 16.7 Å². The molecule has 0 unspecified atom stereocenters. The Bertz CT molecular complexity index is 707. The lowest BCUT2D eigenvalue weighted by Gasteiger charge is -2.09. The molecule has 0 spiro atoms. The molecule has 0 radical (unpaired) electrons. The predicted octanol–water partition coefficient (Wildman–Crippen LogP) is 3.96. The summed E-state index contributed by atoms with van der Waals surface area (Å²) in [5, 5.41) is 3.69. The van der Waals surface area contributed by atoms with Crippen molar-refractivity contribution in [3.05, 3.63) is 48.1 Å². The molecule has 0 aliphatic heterocycles. The Morgan fingerprint density at radius 3 is 2.29 bits per heavy atom. The molecule has 0 fully saturated rings. The van der Waals surface area contributed by atoms with Crippen LogP contribution >= 0.6 is 0 Å². The Morgan fingerprint density at radius 2 is 1.79 bits per heavy atom. The fourth-order valence-electron chi connectivity index (χ4n) is 1.36. The summed E-state index contributed by atoms with van der Waals surface area (Å²) in [6.07, 6.45) is -5.05. The molecule has 0 saturated heterocycles. The average Bonchev–Trinajstić information content (AvgIpc) is 2.90. The number of alkyl halides is 6. The number of aldehydes is 1.